The molecule has 0 saturated carbocycles. The van der Waals surface area contributed by atoms with Gasteiger partial charge in [0.15, 0.2) is 0 Å². The van der Waals surface area contributed by atoms with Gasteiger partial charge in [-0.3, -0.25) is 4.79 Å². The largest absolute Gasteiger partial charge is 0.299 e. The van der Waals surface area contributed by atoms with Crippen molar-refractivity contribution >= 4 is 92.2 Å². The molecule has 0 aliphatic rings. The zero-order chi connectivity index (χ0) is 32.0. The van der Waals surface area contributed by atoms with Crippen LogP contribution < -0.4 is 0 Å². The minimum Gasteiger partial charge on any atom is -0.299 e. The van der Waals surface area contributed by atoms with Gasteiger partial charge in [-0.2, -0.15) is 0 Å². The highest BCUT2D eigenvalue weighted by atomic mass is 79.9. The highest BCUT2D eigenvalue weighted by molar-refractivity contribution is 9.13. The summed E-state index contributed by atoms with van der Waals surface area (Å²) < 4.78 is 4.91. The molecule has 1 nitrogen and oxygen atoms in total. The molecule has 0 saturated heterocycles. The fraction of sp³-hybridized carbons (Fsp3) is 0.757. The maximum absolute atomic E-state index is 12.9. The molecule has 0 aliphatic carbocycles. The van der Waals surface area contributed by atoms with Gasteiger partial charge >= 0.3 is 0 Å². The number of hydrogen-bond acceptors (Lipinski definition) is 3. The molecule has 2 aromatic heterocycles. The summed E-state index contributed by atoms with van der Waals surface area (Å²) in [6.07, 6.45) is 31.3. The maximum Gasteiger partial charge on any atom is 0.138 e. The fourth-order valence-corrected chi connectivity index (χ4v) is 10.6. The zero-order valence-corrected chi connectivity index (χ0v) is 35.5. The smallest absolute Gasteiger partial charge is 0.138 e. The molecule has 0 aromatic carbocycles. The van der Waals surface area contributed by atoms with Gasteiger partial charge in [0, 0.05) is 50.2 Å². The van der Waals surface area contributed by atoms with Crippen molar-refractivity contribution in [1.82, 2.24) is 0 Å². The van der Waals surface area contributed by atoms with E-state index in [0.717, 1.165) is 12.8 Å². The van der Waals surface area contributed by atoms with Crippen molar-refractivity contribution in [3.05, 3.63) is 38.4 Å². The van der Waals surface area contributed by atoms with Crippen LogP contribution in [0.25, 0.3) is 0 Å². The Morgan fingerprint density at radius 2 is 0.773 bits per heavy atom. The van der Waals surface area contributed by atoms with Crippen LogP contribution >= 0.6 is 86.4 Å². The number of Topliss-reactive ketones (excluding diaryl/α,β-unsaturated/α-hetero) is 1. The lowest BCUT2D eigenvalue weighted by molar-refractivity contribution is -0.126. The normalized spacial score (nSPS) is 13.0. The van der Waals surface area contributed by atoms with Crippen LogP contribution in [-0.4, -0.2) is 5.78 Å². The molecule has 0 N–H and O–H groups in total. The molecule has 2 rings (SSSR count). The number of carbonyl (C=O) groups excluding carboxylic acids is 1. The van der Waals surface area contributed by atoms with Gasteiger partial charge in [-0.1, -0.05) is 129 Å². The molecule has 252 valence electrons. The molecule has 2 heterocycles. The van der Waals surface area contributed by atoms with Gasteiger partial charge in [0.25, 0.3) is 0 Å². The van der Waals surface area contributed by atoms with Crippen LogP contribution in [-0.2, 0) is 17.6 Å². The SMILES string of the molecule is CC(CCCCCCCCCCCCc1scc(Br)c1Br)C(=O)C(C)CCCCCCCCCCCCc1scc(Br)c1Br. The molecule has 44 heavy (non-hydrogen) atoms. The molecule has 0 spiro atoms. The molecule has 0 amide bonds. The quantitative estimate of drug-likeness (QED) is 0.0778. The third-order valence-corrected chi connectivity index (χ3v) is 16.4. The molecule has 7 heteroatoms. The van der Waals surface area contributed by atoms with Crippen LogP contribution in [0.1, 0.15) is 165 Å². The van der Waals surface area contributed by atoms with E-state index in [-0.39, 0.29) is 11.8 Å². The molecular weight excluding hydrogens is 844 g/mol. The van der Waals surface area contributed by atoms with Gasteiger partial charge in [-0.05, 0) is 102 Å². The van der Waals surface area contributed by atoms with Gasteiger partial charge in [0.2, 0.25) is 0 Å². The minimum atomic E-state index is 0.245. The molecule has 0 fully saturated rings. The van der Waals surface area contributed by atoms with Gasteiger partial charge in [0.05, 0.1) is 0 Å². The molecule has 2 atom stereocenters. The van der Waals surface area contributed by atoms with Gasteiger partial charge in [-0.25, -0.2) is 0 Å². The number of ketones is 1. The van der Waals surface area contributed by atoms with Crippen molar-refractivity contribution in [2.24, 2.45) is 11.8 Å². The van der Waals surface area contributed by atoms with Crippen LogP contribution in [0.15, 0.2) is 28.7 Å². The van der Waals surface area contributed by atoms with E-state index in [0.29, 0.717) is 5.78 Å². The number of rotatable bonds is 28. The first-order valence-electron chi connectivity index (χ1n) is 17.7. The lowest BCUT2D eigenvalue weighted by atomic mass is 9.88. The average molecular weight is 903 g/mol. The van der Waals surface area contributed by atoms with Crippen LogP contribution in [0.4, 0.5) is 0 Å². The van der Waals surface area contributed by atoms with E-state index < -0.39 is 0 Å². The molecule has 2 unspecified atom stereocenters. The summed E-state index contributed by atoms with van der Waals surface area (Å²) in [6, 6.07) is 0. The third-order valence-electron chi connectivity index (χ3n) is 9.07. The van der Waals surface area contributed by atoms with E-state index in [9.17, 15) is 4.79 Å². The van der Waals surface area contributed by atoms with Crippen molar-refractivity contribution in [3.63, 3.8) is 0 Å². The lowest BCUT2D eigenvalue weighted by Crippen LogP contribution is -2.19. The highest BCUT2D eigenvalue weighted by Gasteiger charge is 2.19. The maximum atomic E-state index is 12.9. The number of aryl methyl sites for hydroxylation is 2. The Balaban J connectivity index is 1.31. The number of halogens is 4. The fourth-order valence-electron chi connectivity index (χ4n) is 6.13. The van der Waals surface area contributed by atoms with Crippen LogP contribution in [0, 0.1) is 11.8 Å². The summed E-state index contributed by atoms with van der Waals surface area (Å²) in [5.74, 6) is 1.01. The van der Waals surface area contributed by atoms with Crippen LogP contribution in [0.3, 0.4) is 0 Å². The van der Waals surface area contributed by atoms with Gasteiger partial charge in [0.1, 0.15) is 5.78 Å². The van der Waals surface area contributed by atoms with Crippen molar-refractivity contribution in [2.45, 2.75) is 168 Å². The first kappa shape index (κ1) is 41.2. The van der Waals surface area contributed by atoms with E-state index in [2.05, 4.69) is 88.3 Å². The average Bonchev–Trinajstić information content (AvgIpc) is 3.51. The Kier molecular flexibility index (Phi) is 24.3. The first-order valence-corrected chi connectivity index (χ1v) is 22.6. The summed E-state index contributed by atoms with van der Waals surface area (Å²) in [6.45, 7) is 4.35. The monoisotopic (exact) mass is 898 g/mol. The van der Waals surface area contributed by atoms with Crippen LogP contribution in [0.5, 0.6) is 0 Å². The Morgan fingerprint density at radius 1 is 0.500 bits per heavy atom. The van der Waals surface area contributed by atoms with Crippen molar-refractivity contribution in [2.75, 3.05) is 0 Å². The van der Waals surface area contributed by atoms with E-state index in [1.54, 1.807) is 0 Å². The van der Waals surface area contributed by atoms with Crippen LogP contribution in [0.2, 0.25) is 0 Å². The topological polar surface area (TPSA) is 17.1 Å². The summed E-state index contributed by atoms with van der Waals surface area (Å²) in [4.78, 5) is 15.8. The van der Waals surface area contributed by atoms with Gasteiger partial charge in [-0.15, -0.1) is 22.7 Å². The van der Waals surface area contributed by atoms with Crippen molar-refractivity contribution in [1.29, 1.82) is 0 Å². The number of unbranched alkanes of at least 4 members (excludes halogenated alkanes) is 18. The summed E-state index contributed by atoms with van der Waals surface area (Å²) in [5, 5.41) is 4.36. The summed E-state index contributed by atoms with van der Waals surface area (Å²) in [5.41, 5.74) is 0. The predicted molar refractivity (Wildman–Crippen MR) is 212 cm³/mol. The van der Waals surface area contributed by atoms with E-state index >= 15 is 0 Å². The molecular formula is C37H58Br4OS2. The second-order valence-electron chi connectivity index (χ2n) is 13.0. The molecule has 0 bridgehead atoms. The van der Waals surface area contributed by atoms with E-state index in [4.69, 9.17) is 0 Å². The van der Waals surface area contributed by atoms with Crippen molar-refractivity contribution < 1.29 is 4.79 Å². The highest BCUT2D eigenvalue weighted by Crippen LogP contribution is 2.34. The number of hydrogen-bond donors (Lipinski definition) is 0. The first-order chi connectivity index (χ1) is 21.3. The Morgan fingerprint density at radius 3 is 1.05 bits per heavy atom. The lowest BCUT2D eigenvalue weighted by Gasteiger charge is -2.16. The van der Waals surface area contributed by atoms with Crippen molar-refractivity contribution in [3.8, 4) is 0 Å². The molecule has 0 radical (unpaired) electrons. The van der Waals surface area contributed by atoms with E-state index in [1.807, 2.05) is 22.7 Å². The Hall–Kier alpha value is 0.990. The zero-order valence-electron chi connectivity index (χ0n) is 27.5. The number of carbonyl (C=O) groups is 1. The molecule has 0 aliphatic heterocycles. The predicted octanol–water partition coefficient (Wildman–Crippen LogP) is 16.1. The third kappa shape index (κ3) is 17.9. The van der Waals surface area contributed by atoms with E-state index in [1.165, 1.54) is 169 Å². The second-order valence-corrected chi connectivity index (χ2v) is 18.2. The summed E-state index contributed by atoms with van der Waals surface area (Å²) >= 11 is 18.2. The number of thiophene rings is 2. The Labute approximate surface area is 312 Å². The molecule has 2 aromatic rings. The second kappa shape index (κ2) is 25.9. The van der Waals surface area contributed by atoms with Gasteiger partial charge < -0.3 is 0 Å². The summed E-state index contributed by atoms with van der Waals surface area (Å²) in [7, 11) is 0. The Bertz CT molecular complexity index is 939. The minimum absolute atomic E-state index is 0.245. The standard InChI is InChI=1S/C37H58Br4OS2/c1-29(23-19-15-11-7-3-5-9-13-17-21-25-33-35(40)31(38)27-43-33)37(42)30(2)24-20-16-12-8-4-6-10-14-18-22-26-34-36(41)32(39)28-44-34/h27-30H,3-26H2,1-2H3.